The van der Waals surface area contributed by atoms with Gasteiger partial charge in [-0.15, -0.1) is 0 Å². The van der Waals surface area contributed by atoms with Crippen LogP contribution in [0.2, 0.25) is 0 Å². The highest BCUT2D eigenvalue weighted by Gasteiger charge is 2.23. The number of hydrogen-bond donors (Lipinski definition) is 0. The lowest BCUT2D eigenvalue weighted by molar-refractivity contribution is -0.168. The van der Waals surface area contributed by atoms with E-state index in [0.717, 1.165) is 25.7 Å². The minimum atomic E-state index is -0.726. The Morgan fingerprint density at radius 3 is 1.83 bits per heavy atom. The molecule has 0 amide bonds. The molecule has 4 heteroatoms. The Labute approximate surface area is 148 Å². The molecule has 0 aromatic carbocycles. The number of ether oxygens (including phenoxy) is 2. The summed E-state index contributed by atoms with van der Waals surface area (Å²) in [6.45, 7) is 6.36. The first kappa shape index (κ1) is 22.9. The summed E-state index contributed by atoms with van der Waals surface area (Å²) < 4.78 is 10.3. The van der Waals surface area contributed by atoms with E-state index in [0.29, 0.717) is 19.4 Å². The van der Waals surface area contributed by atoms with Gasteiger partial charge in [-0.05, 0) is 26.2 Å². The molecule has 0 N–H and O–H groups in total. The summed E-state index contributed by atoms with van der Waals surface area (Å²) in [5.41, 5.74) is 0. The summed E-state index contributed by atoms with van der Waals surface area (Å²) in [5.74, 6) is -0.682. The second-order valence-electron chi connectivity index (χ2n) is 6.45. The van der Waals surface area contributed by atoms with Gasteiger partial charge < -0.3 is 9.47 Å². The predicted octanol–water partition coefficient (Wildman–Crippen LogP) is 5.57. The summed E-state index contributed by atoms with van der Waals surface area (Å²) in [6.07, 6.45) is 13.0. The van der Waals surface area contributed by atoms with Crippen LogP contribution >= 0.6 is 0 Å². The Hall–Kier alpha value is -1.06. The largest absolute Gasteiger partial charge is 0.463 e. The lowest BCUT2D eigenvalue weighted by Gasteiger charge is -2.16. The van der Waals surface area contributed by atoms with Crippen molar-refractivity contribution in [2.45, 2.75) is 110 Å². The summed E-state index contributed by atoms with van der Waals surface area (Å²) in [7, 11) is 0. The molecular formula is C20H38O4. The summed E-state index contributed by atoms with van der Waals surface area (Å²) in [5, 5.41) is 0. The van der Waals surface area contributed by atoms with Gasteiger partial charge in [0, 0.05) is 6.42 Å². The van der Waals surface area contributed by atoms with Crippen molar-refractivity contribution in [1.82, 2.24) is 0 Å². The van der Waals surface area contributed by atoms with Crippen molar-refractivity contribution in [2.75, 3.05) is 6.61 Å². The van der Waals surface area contributed by atoms with Crippen LogP contribution in [0, 0.1) is 0 Å². The molecule has 0 rings (SSSR count). The van der Waals surface area contributed by atoms with E-state index in [-0.39, 0.29) is 5.97 Å². The van der Waals surface area contributed by atoms with Crippen molar-refractivity contribution in [3.8, 4) is 0 Å². The second-order valence-corrected chi connectivity index (χ2v) is 6.45. The molecule has 4 nitrogen and oxygen atoms in total. The van der Waals surface area contributed by atoms with Crippen LogP contribution in [0.5, 0.6) is 0 Å². The number of unbranched alkanes of at least 4 members (excludes halogenated alkanes) is 9. The zero-order valence-electron chi connectivity index (χ0n) is 16.1. The molecule has 1 unspecified atom stereocenters. The average Bonchev–Trinajstić information content (AvgIpc) is 2.57. The minimum Gasteiger partial charge on any atom is -0.463 e. The van der Waals surface area contributed by atoms with Crippen LogP contribution in [0.1, 0.15) is 104 Å². The van der Waals surface area contributed by atoms with Crippen LogP contribution in [0.3, 0.4) is 0 Å². The smallest absolute Gasteiger partial charge is 0.347 e. The zero-order valence-corrected chi connectivity index (χ0v) is 16.1. The van der Waals surface area contributed by atoms with Crippen LogP contribution in [0.15, 0.2) is 0 Å². The van der Waals surface area contributed by atoms with Crippen molar-refractivity contribution in [2.24, 2.45) is 0 Å². The fourth-order valence-electron chi connectivity index (χ4n) is 2.65. The maximum absolute atomic E-state index is 11.9. The van der Waals surface area contributed by atoms with Crippen LogP contribution in [0.4, 0.5) is 0 Å². The molecule has 24 heavy (non-hydrogen) atoms. The molecule has 0 saturated carbocycles. The minimum absolute atomic E-state index is 0.271. The lowest BCUT2D eigenvalue weighted by Crippen LogP contribution is -2.29. The highest BCUT2D eigenvalue weighted by atomic mass is 16.6. The number of rotatable bonds is 16. The molecule has 0 aromatic rings. The van der Waals surface area contributed by atoms with Crippen molar-refractivity contribution in [3.05, 3.63) is 0 Å². The first-order valence-electron chi connectivity index (χ1n) is 10.0. The van der Waals surface area contributed by atoms with Crippen molar-refractivity contribution in [1.29, 1.82) is 0 Å². The lowest BCUT2D eigenvalue weighted by atomic mass is 10.1. The fraction of sp³-hybridized carbons (Fsp3) is 0.900. The molecule has 0 spiro atoms. The number of carbonyl (C=O) groups is 2. The van der Waals surface area contributed by atoms with Crippen LogP contribution in [-0.2, 0) is 19.1 Å². The number of carbonyl (C=O) groups excluding carboxylic acids is 2. The fourth-order valence-corrected chi connectivity index (χ4v) is 2.65. The maximum Gasteiger partial charge on any atom is 0.347 e. The molecule has 0 heterocycles. The molecule has 0 aliphatic carbocycles. The highest BCUT2D eigenvalue weighted by molar-refractivity contribution is 5.79. The number of esters is 2. The van der Waals surface area contributed by atoms with Gasteiger partial charge in [-0.1, -0.05) is 71.6 Å². The van der Waals surface area contributed by atoms with E-state index in [1.54, 1.807) is 6.92 Å². The monoisotopic (exact) mass is 342 g/mol. The maximum atomic E-state index is 11.9. The SMILES string of the molecule is CCCCCCCCCCCC(=O)OC(CCCC)C(=O)OCC. The van der Waals surface area contributed by atoms with Crippen LogP contribution in [0.25, 0.3) is 0 Å². The van der Waals surface area contributed by atoms with Gasteiger partial charge in [-0.2, -0.15) is 0 Å². The molecule has 0 aliphatic heterocycles. The van der Waals surface area contributed by atoms with E-state index in [1.165, 1.54) is 44.9 Å². The zero-order chi connectivity index (χ0) is 18.0. The third-order valence-electron chi connectivity index (χ3n) is 4.13. The third-order valence-corrected chi connectivity index (χ3v) is 4.13. The predicted molar refractivity (Wildman–Crippen MR) is 97.9 cm³/mol. The van der Waals surface area contributed by atoms with Gasteiger partial charge >= 0.3 is 11.9 Å². The molecule has 0 fully saturated rings. The Balaban J connectivity index is 3.77. The van der Waals surface area contributed by atoms with Crippen molar-refractivity contribution >= 4 is 11.9 Å². The molecular weight excluding hydrogens is 304 g/mol. The van der Waals surface area contributed by atoms with Gasteiger partial charge in [0.25, 0.3) is 0 Å². The van der Waals surface area contributed by atoms with Crippen LogP contribution in [-0.4, -0.2) is 24.6 Å². The topological polar surface area (TPSA) is 52.6 Å². The van der Waals surface area contributed by atoms with Crippen molar-refractivity contribution in [3.63, 3.8) is 0 Å². The average molecular weight is 343 g/mol. The Bertz CT molecular complexity index is 315. The molecule has 142 valence electrons. The summed E-state index contributed by atoms with van der Waals surface area (Å²) in [4.78, 5) is 23.7. The van der Waals surface area contributed by atoms with Gasteiger partial charge in [0.2, 0.25) is 0 Å². The Morgan fingerprint density at radius 2 is 1.29 bits per heavy atom. The van der Waals surface area contributed by atoms with Gasteiger partial charge in [-0.3, -0.25) is 4.79 Å². The molecule has 0 bridgehead atoms. The standard InChI is InChI=1S/C20H38O4/c1-4-7-9-10-11-12-13-14-15-17-19(21)24-18(16-8-5-2)20(22)23-6-3/h18H,4-17H2,1-3H3. The van der Waals surface area contributed by atoms with Gasteiger partial charge in [-0.25, -0.2) is 4.79 Å². The molecule has 1 atom stereocenters. The first-order valence-corrected chi connectivity index (χ1v) is 10.0. The quantitative estimate of drug-likeness (QED) is 0.272. The summed E-state index contributed by atoms with van der Waals surface area (Å²) >= 11 is 0. The first-order chi connectivity index (χ1) is 11.7. The highest BCUT2D eigenvalue weighted by Crippen LogP contribution is 2.13. The molecule has 0 aromatic heterocycles. The van der Waals surface area contributed by atoms with Gasteiger partial charge in [0.05, 0.1) is 6.61 Å². The van der Waals surface area contributed by atoms with E-state index >= 15 is 0 Å². The number of hydrogen-bond acceptors (Lipinski definition) is 4. The van der Waals surface area contributed by atoms with E-state index in [4.69, 9.17) is 9.47 Å². The molecule has 0 radical (unpaired) electrons. The van der Waals surface area contributed by atoms with Crippen molar-refractivity contribution < 1.29 is 19.1 Å². The van der Waals surface area contributed by atoms with E-state index < -0.39 is 12.1 Å². The van der Waals surface area contributed by atoms with E-state index in [2.05, 4.69) is 6.92 Å². The van der Waals surface area contributed by atoms with Crippen LogP contribution < -0.4 is 0 Å². The third kappa shape index (κ3) is 13.4. The molecule has 0 aliphatic rings. The van der Waals surface area contributed by atoms with Gasteiger partial charge in [0.1, 0.15) is 0 Å². The van der Waals surface area contributed by atoms with E-state index in [9.17, 15) is 9.59 Å². The molecule has 0 saturated heterocycles. The summed E-state index contributed by atoms with van der Waals surface area (Å²) in [6, 6.07) is 0. The normalized spacial score (nSPS) is 12.0. The Kier molecular flexibility index (Phi) is 16.0. The Morgan fingerprint density at radius 1 is 0.750 bits per heavy atom. The van der Waals surface area contributed by atoms with Gasteiger partial charge in [0.15, 0.2) is 6.10 Å². The second kappa shape index (κ2) is 16.8. The van der Waals surface area contributed by atoms with E-state index in [1.807, 2.05) is 6.92 Å².